The van der Waals surface area contributed by atoms with Gasteiger partial charge in [0.2, 0.25) is 0 Å². The van der Waals surface area contributed by atoms with E-state index >= 15 is 0 Å². The summed E-state index contributed by atoms with van der Waals surface area (Å²) < 4.78 is 16.7. The lowest BCUT2D eigenvalue weighted by molar-refractivity contribution is -0.118. The fourth-order valence-electron chi connectivity index (χ4n) is 2.45. The Morgan fingerprint density at radius 1 is 0.893 bits per heavy atom. The number of nitrogens with zero attached hydrogens (tertiary/aromatic N) is 1. The van der Waals surface area contributed by atoms with Crippen LogP contribution < -0.4 is 19.5 Å². The largest absolute Gasteiger partial charge is 0.494 e. The number of rotatable bonds is 9. The molecule has 0 atom stereocenters. The van der Waals surface area contributed by atoms with Crippen LogP contribution in [0.5, 0.6) is 17.2 Å². The molecule has 0 unspecified atom stereocenters. The van der Waals surface area contributed by atoms with Gasteiger partial charge < -0.3 is 19.5 Å². The highest BCUT2D eigenvalue weighted by molar-refractivity contribution is 5.92. The zero-order valence-electron chi connectivity index (χ0n) is 15.6. The smallest absolute Gasteiger partial charge is 0.263 e. The van der Waals surface area contributed by atoms with Crippen molar-refractivity contribution in [1.29, 1.82) is 0 Å². The molecule has 6 heteroatoms. The Morgan fingerprint density at radius 2 is 1.61 bits per heavy atom. The molecule has 3 aromatic rings. The molecule has 0 fully saturated rings. The average Bonchev–Trinajstić information content (AvgIpc) is 2.74. The fraction of sp³-hybridized carbons (Fsp3) is 0.182. The van der Waals surface area contributed by atoms with Crippen molar-refractivity contribution in [2.75, 3.05) is 18.5 Å². The molecule has 0 radical (unpaired) electrons. The monoisotopic (exact) mass is 378 g/mol. The summed E-state index contributed by atoms with van der Waals surface area (Å²) in [4.78, 5) is 16.4. The molecule has 0 saturated carbocycles. The number of hydrogen-bond donors (Lipinski definition) is 1. The van der Waals surface area contributed by atoms with Crippen LogP contribution in [0.25, 0.3) is 0 Å². The molecule has 0 aliphatic rings. The van der Waals surface area contributed by atoms with E-state index in [1.54, 1.807) is 42.6 Å². The van der Waals surface area contributed by atoms with Crippen molar-refractivity contribution in [3.63, 3.8) is 0 Å². The van der Waals surface area contributed by atoms with Crippen molar-refractivity contribution in [2.24, 2.45) is 0 Å². The fourth-order valence-corrected chi connectivity index (χ4v) is 2.45. The van der Waals surface area contributed by atoms with E-state index in [1.807, 2.05) is 37.3 Å². The summed E-state index contributed by atoms with van der Waals surface area (Å²) >= 11 is 0. The number of aromatic nitrogens is 1. The van der Waals surface area contributed by atoms with Crippen LogP contribution in [0, 0.1) is 0 Å². The summed E-state index contributed by atoms with van der Waals surface area (Å²) in [5, 5.41) is 2.72. The van der Waals surface area contributed by atoms with E-state index in [0.717, 1.165) is 11.3 Å². The van der Waals surface area contributed by atoms with Gasteiger partial charge in [0.1, 0.15) is 18.1 Å². The zero-order valence-corrected chi connectivity index (χ0v) is 15.6. The predicted octanol–water partition coefficient (Wildman–Crippen LogP) is 4.08. The van der Waals surface area contributed by atoms with Crippen LogP contribution in [0.1, 0.15) is 12.5 Å². The number of amides is 1. The van der Waals surface area contributed by atoms with Crippen molar-refractivity contribution in [2.45, 2.75) is 13.5 Å². The number of anilines is 1. The third-order valence-corrected chi connectivity index (χ3v) is 3.77. The highest BCUT2D eigenvalue weighted by Gasteiger charge is 2.10. The van der Waals surface area contributed by atoms with Crippen LogP contribution >= 0.6 is 0 Å². The Labute approximate surface area is 164 Å². The van der Waals surface area contributed by atoms with Gasteiger partial charge in [-0.15, -0.1) is 0 Å². The maximum absolute atomic E-state index is 12.2. The van der Waals surface area contributed by atoms with Crippen LogP contribution in [-0.2, 0) is 11.4 Å². The van der Waals surface area contributed by atoms with Crippen molar-refractivity contribution in [1.82, 2.24) is 4.98 Å². The van der Waals surface area contributed by atoms with Gasteiger partial charge in [-0.1, -0.05) is 30.3 Å². The highest BCUT2D eigenvalue weighted by atomic mass is 16.5. The van der Waals surface area contributed by atoms with Gasteiger partial charge in [-0.05, 0) is 48.9 Å². The normalized spacial score (nSPS) is 10.2. The summed E-state index contributed by atoms with van der Waals surface area (Å²) in [5.41, 5.74) is 1.03. The molecule has 0 saturated heterocycles. The molecular formula is C22H22N2O4. The number of hydrogen-bond acceptors (Lipinski definition) is 5. The second-order valence-electron chi connectivity index (χ2n) is 5.87. The molecule has 144 valence electrons. The van der Waals surface area contributed by atoms with Gasteiger partial charge in [-0.3, -0.25) is 4.79 Å². The van der Waals surface area contributed by atoms with Gasteiger partial charge in [0.25, 0.3) is 5.91 Å². The second kappa shape index (κ2) is 9.97. The predicted molar refractivity (Wildman–Crippen MR) is 107 cm³/mol. The van der Waals surface area contributed by atoms with E-state index in [0.29, 0.717) is 30.5 Å². The Hall–Kier alpha value is -3.54. The summed E-state index contributed by atoms with van der Waals surface area (Å²) in [6.45, 7) is 2.77. The van der Waals surface area contributed by atoms with Crippen molar-refractivity contribution in [3.05, 3.63) is 78.5 Å². The van der Waals surface area contributed by atoms with Crippen molar-refractivity contribution < 1.29 is 19.0 Å². The molecule has 28 heavy (non-hydrogen) atoms. The first-order chi connectivity index (χ1) is 13.7. The molecule has 0 spiro atoms. The Balaban J connectivity index is 1.53. The van der Waals surface area contributed by atoms with Crippen LogP contribution in [-0.4, -0.2) is 24.1 Å². The Morgan fingerprint density at radius 3 is 2.32 bits per heavy atom. The summed E-state index contributed by atoms with van der Waals surface area (Å²) in [6, 6.07) is 20.4. The minimum absolute atomic E-state index is 0.136. The first-order valence-electron chi connectivity index (χ1n) is 9.02. The number of carbonyl (C=O) groups excluding carboxylic acids is 1. The van der Waals surface area contributed by atoms with E-state index in [1.165, 1.54) is 0 Å². The van der Waals surface area contributed by atoms with E-state index < -0.39 is 0 Å². The lowest BCUT2D eigenvalue weighted by Crippen LogP contribution is -2.21. The third-order valence-electron chi connectivity index (χ3n) is 3.77. The highest BCUT2D eigenvalue weighted by Crippen LogP contribution is 2.22. The van der Waals surface area contributed by atoms with E-state index in [4.69, 9.17) is 14.2 Å². The maximum atomic E-state index is 12.2. The van der Waals surface area contributed by atoms with Gasteiger partial charge in [0, 0.05) is 6.20 Å². The molecule has 1 N–H and O–H groups in total. The standard InChI is InChI=1S/C22H22N2O4/c1-2-26-18-10-12-19(13-11-18)27-16-21(25)24-22-20(9-6-14-23-22)28-15-17-7-4-3-5-8-17/h3-14H,2,15-16H2,1H3,(H,23,24,25). The lowest BCUT2D eigenvalue weighted by atomic mass is 10.2. The molecule has 0 aliphatic carbocycles. The second-order valence-corrected chi connectivity index (χ2v) is 5.87. The molecule has 0 aliphatic heterocycles. The zero-order chi connectivity index (χ0) is 19.6. The van der Waals surface area contributed by atoms with Crippen molar-refractivity contribution in [3.8, 4) is 17.2 Å². The minimum atomic E-state index is -0.322. The number of nitrogens with one attached hydrogen (secondary N) is 1. The number of carbonyl (C=O) groups is 1. The third kappa shape index (κ3) is 5.74. The minimum Gasteiger partial charge on any atom is -0.494 e. The van der Waals surface area contributed by atoms with Gasteiger partial charge in [0.05, 0.1) is 6.61 Å². The Bertz CT molecular complexity index is 883. The van der Waals surface area contributed by atoms with Gasteiger partial charge in [-0.2, -0.15) is 0 Å². The lowest BCUT2D eigenvalue weighted by Gasteiger charge is -2.12. The number of ether oxygens (including phenoxy) is 3. The topological polar surface area (TPSA) is 69.7 Å². The summed E-state index contributed by atoms with van der Waals surface area (Å²) in [6.07, 6.45) is 1.60. The molecule has 2 aromatic carbocycles. The molecule has 0 bridgehead atoms. The summed E-state index contributed by atoms with van der Waals surface area (Å²) in [5.74, 6) is 1.88. The average molecular weight is 378 g/mol. The molecule has 1 aromatic heterocycles. The molecule has 6 nitrogen and oxygen atoms in total. The van der Waals surface area contributed by atoms with Crippen LogP contribution in [0.3, 0.4) is 0 Å². The number of benzene rings is 2. The first-order valence-corrected chi connectivity index (χ1v) is 9.02. The van der Waals surface area contributed by atoms with Gasteiger partial charge >= 0.3 is 0 Å². The van der Waals surface area contributed by atoms with Crippen LogP contribution in [0.4, 0.5) is 5.82 Å². The van der Waals surface area contributed by atoms with E-state index in [-0.39, 0.29) is 12.5 Å². The van der Waals surface area contributed by atoms with Crippen LogP contribution in [0.2, 0.25) is 0 Å². The molecular weight excluding hydrogens is 356 g/mol. The SMILES string of the molecule is CCOc1ccc(OCC(=O)Nc2ncccc2OCc2ccccc2)cc1. The van der Waals surface area contributed by atoms with Gasteiger partial charge in [0.15, 0.2) is 18.2 Å². The van der Waals surface area contributed by atoms with Crippen LogP contribution in [0.15, 0.2) is 72.9 Å². The Kier molecular flexibility index (Phi) is 6.84. The molecule has 3 rings (SSSR count). The first kappa shape index (κ1) is 19.2. The van der Waals surface area contributed by atoms with E-state index in [2.05, 4.69) is 10.3 Å². The maximum Gasteiger partial charge on any atom is 0.263 e. The molecule has 1 amide bonds. The quantitative estimate of drug-likeness (QED) is 0.608. The number of pyridine rings is 1. The van der Waals surface area contributed by atoms with E-state index in [9.17, 15) is 4.79 Å². The molecule has 1 heterocycles. The van der Waals surface area contributed by atoms with Crippen molar-refractivity contribution >= 4 is 11.7 Å². The van der Waals surface area contributed by atoms with Gasteiger partial charge in [-0.25, -0.2) is 4.98 Å². The summed E-state index contributed by atoms with van der Waals surface area (Å²) in [7, 11) is 0.